The van der Waals surface area contributed by atoms with Crippen LogP contribution in [0.3, 0.4) is 0 Å². The van der Waals surface area contributed by atoms with Crippen LogP contribution < -0.4 is 5.32 Å². The molecule has 7 nitrogen and oxygen atoms in total. The zero-order valence-corrected chi connectivity index (χ0v) is 16.3. The van der Waals surface area contributed by atoms with Crippen LogP contribution in [0, 0.1) is 10.1 Å². The fourth-order valence-electron chi connectivity index (χ4n) is 1.87. The van der Waals surface area contributed by atoms with Gasteiger partial charge in [-0.15, -0.1) is 0 Å². The van der Waals surface area contributed by atoms with Gasteiger partial charge in [0.1, 0.15) is 0 Å². The zero-order valence-electron chi connectivity index (χ0n) is 13.1. The van der Waals surface area contributed by atoms with E-state index in [1.807, 2.05) is 30.3 Å². The van der Waals surface area contributed by atoms with Crippen LogP contribution in [-0.4, -0.2) is 23.4 Å². The molecule has 0 aliphatic carbocycles. The number of benzene rings is 2. The van der Waals surface area contributed by atoms with Crippen LogP contribution in [0.2, 0.25) is 0 Å². The lowest BCUT2D eigenvalue weighted by Gasteiger charge is -2.09. The predicted octanol–water partition coefficient (Wildman–Crippen LogP) is 4.31. The number of nitro benzene ring substituents is 1. The van der Waals surface area contributed by atoms with E-state index in [-0.39, 0.29) is 5.69 Å². The summed E-state index contributed by atoms with van der Waals surface area (Å²) in [6.07, 6.45) is 2.80. The third-order valence-corrected chi connectivity index (χ3v) is 4.31. The van der Waals surface area contributed by atoms with Crippen molar-refractivity contribution in [2.75, 3.05) is 11.9 Å². The molecule has 0 radical (unpaired) electrons. The Kier molecular flexibility index (Phi) is 7.05. The maximum atomic E-state index is 11.9. The van der Waals surface area contributed by atoms with Crippen molar-refractivity contribution in [3.63, 3.8) is 0 Å². The predicted molar refractivity (Wildman–Crippen MR) is 104 cm³/mol. The summed E-state index contributed by atoms with van der Waals surface area (Å²) >= 11 is 6.31. The molecule has 0 saturated carbocycles. The van der Waals surface area contributed by atoms with Gasteiger partial charge in [0.25, 0.3) is 11.6 Å². The lowest BCUT2D eigenvalue weighted by molar-refractivity contribution is -0.385. The van der Waals surface area contributed by atoms with E-state index in [2.05, 4.69) is 37.2 Å². The van der Waals surface area contributed by atoms with Gasteiger partial charge in [-0.05, 0) is 43.5 Å². The number of ether oxygens (including phenoxy) is 1. The van der Waals surface area contributed by atoms with Crippen molar-refractivity contribution in [3.8, 4) is 0 Å². The molecule has 0 spiro atoms. The van der Waals surface area contributed by atoms with E-state index in [0.29, 0.717) is 14.6 Å². The molecular formula is C17H12Br2N2O5. The molecule has 2 rings (SSSR count). The summed E-state index contributed by atoms with van der Waals surface area (Å²) in [5, 5.41) is 13.3. The first-order valence-corrected chi connectivity index (χ1v) is 8.78. The minimum atomic E-state index is -0.661. The van der Waals surface area contributed by atoms with Gasteiger partial charge in [-0.1, -0.05) is 30.3 Å². The van der Waals surface area contributed by atoms with Crippen molar-refractivity contribution in [2.24, 2.45) is 0 Å². The van der Waals surface area contributed by atoms with E-state index in [1.54, 1.807) is 6.08 Å². The highest BCUT2D eigenvalue weighted by Gasteiger charge is 2.16. The minimum absolute atomic E-state index is 0.140. The smallest absolute Gasteiger partial charge is 0.331 e. The summed E-state index contributed by atoms with van der Waals surface area (Å²) in [5.41, 5.74) is 0.989. The lowest BCUT2D eigenvalue weighted by Crippen LogP contribution is -2.20. The molecule has 0 bridgehead atoms. The van der Waals surface area contributed by atoms with Gasteiger partial charge in [0.05, 0.1) is 10.6 Å². The second-order valence-electron chi connectivity index (χ2n) is 4.94. The fraction of sp³-hybridized carbons (Fsp3) is 0.0588. The van der Waals surface area contributed by atoms with Gasteiger partial charge in [0.15, 0.2) is 6.61 Å². The maximum absolute atomic E-state index is 11.9. The van der Waals surface area contributed by atoms with E-state index >= 15 is 0 Å². The molecule has 9 heteroatoms. The molecule has 1 N–H and O–H groups in total. The van der Waals surface area contributed by atoms with Gasteiger partial charge in [0, 0.05) is 27.2 Å². The van der Waals surface area contributed by atoms with E-state index in [4.69, 9.17) is 4.74 Å². The van der Waals surface area contributed by atoms with Crippen molar-refractivity contribution in [1.82, 2.24) is 0 Å². The Balaban J connectivity index is 1.92. The zero-order chi connectivity index (χ0) is 19.1. The second kappa shape index (κ2) is 9.25. The maximum Gasteiger partial charge on any atom is 0.331 e. The fourth-order valence-corrected chi connectivity index (χ4v) is 3.23. The Morgan fingerprint density at radius 3 is 2.35 bits per heavy atom. The standard InChI is InChI=1S/C17H12Br2N2O5/c18-13-8-12(21(24)25)9-14(19)17(13)20-15(22)10-26-16(23)7-6-11-4-2-1-3-5-11/h1-9H,10H2,(H,20,22)/b7-6+. The molecule has 0 aliphatic heterocycles. The number of nitro groups is 1. The van der Waals surface area contributed by atoms with Crippen molar-refractivity contribution < 1.29 is 19.2 Å². The van der Waals surface area contributed by atoms with Gasteiger partial charge in [-0.3, -0.25) is 14.9 Å². The van der Waals surface area contributed by atoms with Crippen molar-refractivity contribution in [3.05, 3.63) is 73.2 Å². The third-order valence-electron chi connectivity index (χ3n) is 3.06. The second-order valence-corrected chi connectivity index (χ2v) is 6.65. The van der Waals surface area contributed by atoms with Crippen LogP contribution >= 0.6 is 31.9 Å². The highest BCUT2D eigenvalue weighted by Crippen LogP contribution is 2.35. The normalized spacial score (nSPS) is 10.5. The van der Waals surface area contributed by atoms with Crippen LogP contribution in [0.15, 0.2) is 57.5 Å². The van der Waals surface area contributed by atoms with E-state index in [1.165, 1.54) is 18.2 Å². The molecule has 0 aliphatic rings. The third kappa shape index (κ3) is 5.78. The molecular weight excluding hydrogens is 472 g/mol. The van der Waals surface area contributed by atoms with E-state index in [9.17, 15) is 19.7 Å². The summed E-state index contributed by atoms with van der Waals surface area (Å²) in [6.45, 7) is -0.492. The topological polar surface area (TPSA) is 98.5 Å². The molecule has 0 saturated heterocycles. The average molecular weight is 484 g/mol. The van der Waals surface area contributed by atoms with E-state index < -0.39 is 23.4 Å². The summed E-state index contributed by atoms with van der Waals surface area (Å²) in [6, 6.07) is 11.7. The molecule has 0 fully saturated rings. The Hall–Kier alpha value is -2.52. The first-order valence-electron chi connectivity index (χ1n) is 7.20. The van der Waals surface area contributed by atoms with Crippen LogP contribution in [0.25, 0.3) is 6.08 Å². The SMILES string of the molecule is O=C(COC(=O)/C=C/c1ccccc1)Nc1c(Br)cc([N+](=O)[O-])cc1Br. The number of carbonyl (C=O) groups excluding carboxylic acids is 2. The number of nitrogens with one attached hydrogen (secondary N) is 1. The number of esters is 1. The molecule has 134 valence electrons. The van der Waals surface area contributed by atoms with Crippen molar-refractivity contribution >= 4 is 61.2 Å². The number of non-ortho nitro benzene ring substituents is 1. The van der Waals surface area contributed by atoms with Gasteiger partial charge in [0.2, 0.25) is 0 Å². The minimum Gasteiger partial charge on any atom is -0.452 e. The quantitative estimate of drug-likeness (QED) is 0.285. The van der Waals surface area contributed by atoms with Crippen molar-refractivity contribution in [1.29, 1.82) is 0 Å². The Labute approximate surface area is 165 Å². The Bertz CT molecular complexity index is 846. The molecule has 2 aromatic rings. The molecule has 0 unspecified atom stereocenters. The van der Waals surface area contributed by atoms with Gasteiger partial charge in [-0.25, -0.2) is 4.79 Å². The highest BCUT2D eigenvalue weighted by atomic mass is 79.9. The largest absolute Gasteiger partial charge is 0.452 e. The molecule has 0 aromatic heterocycles. The number of nitrogens with zero attached hydrogens (tertiary/aromatic N) is 1. The van der Waals surface area contributed by atoms with Gasteiger partial charge >= 0.3 is 5.97 Å². The number of carbonyl (C=O) groups is 2. The Morgan fingerprint density at radius 1 is 1.15 bits per heavy atom. The van der Waals surface area contributed by atoms with Gasteiger partial charge in [-0.2, -0.15) is 0 Å². The Morgan fingerprint density at radius 2 is 1.77 bits per heavy atom. The number of hydrogen-bond donors (Lipinski definition) is 1. The van der Waals surface area contributed by atoms with E-state index in [0.717, 1.165) is 5.56 Å². The summed E-state index contributed by atoms with van der Waals surface area (Å²) in [7, 11) is 0. The van der Waals surface area contributed by atoms with Crippen LogP contribution in [0.4, 0.5) is 11.4 Å². The first kappa shape index (κ1) is 19.8. The molecule has 26 heavy (non-hydrogen) atoms. The average Bonchev–Trinajstić information content (AvgIpc) is 2.61. The highest BCUT2D eigenvalue weighted by molar-refractivity contribution is 9.11. The van der Waals surface area contributed by atoms with Crippen LogP contribution in [0.5, 0.6) is 0 Å². The number of halogens is 2. The first-order chi connectivity index (χ1) is 12.4. The van der Waals surface area contributed by atoms with Crippen molar-refractivity contribution in [2.45, 2.75) is 0 Å². The summed E-state index contributed by atoms with van der Waals surface area (Å²) in [5.74, 6) is -1.24. The summed E-state index contributed by atoms with van der Waals surface area (Å²) < 4.78 is 5.51. The lowest BCUT2D eigenvalue weighted by atomic mass is 10.2. The summed E-state index contributed by atoms with van der Waals surface area (Å²) in [4.78, 5) is 33.8. The van der Waals surface area contributed by atoms with Crippen LogP contribution in [-0.2, 0) is 14.3 Å². The monoisotopic (exact) mass is 482 g/mol. The number of rotatable bonds is 6. The number of hydrogen-bond acceptors (Lipinski definition) is 5. The van der Waals surface area contributed by atoms with Crippen LogP contribution in [0.1, 0.15) is 5.56 Å². The number of amides is 1. The molecule has 1 amide bonds. The molecule has 0 atom stereocenters. The molecule has 2 aromatic carbocycles. The number of anilines is 1. The molecule has 0 heterocycles. The van der Waals surface area contributed by atoms with Gasteiger partial charge < -0.3 is 10.1 Å².